The Balaban J connectivity index is 1.27. The van der Waals surface area contributed by atoms with Gasteiger partial charge in [-0.2, -0.15) is 0 Å². The molecule has 1 aliphatic heterocycles. The smallest absolute Gasteiger partial charge is 0.273 e. The van der Waals surface area contributed by atoms with E-state index >= 15 is 0 Å². The molecule has 0 N–H and O–H groups in total. The number of fused-ring (bicyclic) bond motifs is 1. The number of amides is 1. The first-order valence-electron chi connectivity index (χ1n) is 10.2. The summed E-state index contributed by atoms with van der Waals surface area (Å²) in [6, 6.07) is 15.9. The number of thiazole rings is 1. The molecule has 5 rings (SSSR count). The minimum absolute atomic E-state index is 0.00931. The van der Waals surface area contributed by atoms with Gasteiger partial charge in [-0.05, 0) is 42.7 Å². The molecule has 6 nitrogen and oxygen atoms in total. The lowest BCUT2D eigenvalue weighted by atomic mass is 10.00. The van der Waals surface area contributed by atoms with Crippen molar-refractivity contribution in [2.24, 2.45) is 0 Å². The molecular weight excluding hydrogens is 462 g/mol. The first-order valence-corrected chi connectivity index (χ1v) is 12.4. The van der Waals surface area contributed by atoms with Crippen LogP contribution in [0.25, 0.3) is 5.69 Å². The summed E-state index contributed by atoms with van der Waals surface area (Å²) in [5, 5.41) is 12.7. The van der Waals surface area contributed by atoms with Crippen molar-refractivity contribution in [3.8, 4) is 5.69 Å². The molecule has 0 saturated heterocycles. The first kappa shape index (κ1) is 21.2. The standard InChI is InChI=1S/C23H20ClN5OS2/c1-15-26-27-23(29(15)19-8-4-7-18(24)11-19)32-14-21-25-20(13-31-21)22(30)28-10-9-16-5-2-3-6-17(16)12-28/h2-8,11,13H,9-10,12,14H2,1H3. The number of aromatic nitrogens is 4. The molecule has 3 heterocycles. The Bertz CT molecular complexity index is 1280. The number of hydrogen-bond donors (Lipinski definition) is 0. The number of nitrogens with zero attached hydrogens (tertiary/aromatic N) is 5. The second-order valence-corrected chi connectivity index (χ2v) is 9.83. The minimum atomic E-state index is -0.00931. The van der Waals surface area contributed by atoms with Crippen LogP contribution in [0.2, 0.25) is 5.02 Å². The lowest BCUT2D eigenvalue weighted by Gasteiger charge is -2.28. The van der Waals surface area contributed by atoms with E-state index in [4.69, 9.17) is 11.6 Å². The van der Waals surface area contributed by atoms with Crippen LogP contribution in [0.4, 0.5) is 0 Å². The van der Waals surface area contributed by atoms with E-state index in [-0.39, 0.29) is 5.91 Å². The highest BCUT2D eigenvalue weighted by Crippen LogP contribution is 2.28. The summed E-state index contributed by atoms with van der Waals surface area (Å²) >= 11 is 9.20. The van der Waals surface area contributed by atoms with E-state index in [0.29, 0.717) is 23.0 Å². The van der Waals surface area contributed by atoms with Crippen molar-refractivity contribution in [1.82, 2.24) is 24.6 Å². The minimum Gasteiger partial charge on any atom is -0.333 e. The van der Waals surface area contributed by atoms with E-state index in [1.807, 2.05) is 52.1 Å². The molecule has 0 aliphatic carbocycles. The average Bonchev–Trinajstić information content (AvgIpc) is 3.43. The predicted octanol–water partition coefficient (Wildman–Crippen LogP) is 5.18. The van der Waals surface area contributed by atoms with E-state index in [0.717, 1.165) is 34.6 Å². The first-order chi connectivity index (χ1) is 15.6. The van der Waals surface area contributed by atoms with Crippen molar-refractivity contribution in [2.45, 2.75) is 30.8 Å². The third kappa shape index (κ3) is 4.30. The fourth-order valence-corrected chi connectivity index (χ4v) is 5.75. The second-order valence-electron chi connectivity index (χ2n) is 7.51. The van der Waals surface area contributed by atoms with Crippen LogP contribution in [-0.2, 0) is 18.7 Å². The highest BCUT2D eigenvalue weighted by Gasteiger charge is 2.23. The number of aryl methyl sites for hydroxylation is 1. The molecule has 0 radical (unpaired) electrons. The van der Waals surface area contributed by atoms with Gasteiger partial charge in [-0.15, -0.1) is 21.5 Å². The molecule has 4 aromatic rings. The maximum atomic E-state index is 13.0. The Kier molecular flexibility index (Phi) is 5.99. The Morgan fingerprint density at radius 1 is 1.16 bits per heavy atom. The monoisotopic (exact) mass is 481 g/mol. The summed E-state index contributed by atoms with van der Waals surface area (Å²) in [6.45, 7) is 3.27. The quantitative estimate of drug-likeness (QED) is 0.368. The summed E-state index contributed by atoms with van der Waals surface area (Å²) in [6.07, 6.45) is 0.882. The molecule has 0 unspecified atom stereocenters. The zero-order valence-electron chi connectivity index (χ0n) is 17.4. The van der Waals surface area contributed by atoms with Crippen molar-refractivity contribution in [3.05, 3.63) is 86.6 Å². The molecule has 162 valence electrons. The van der Waals surface area contributed by atoms with Crippen molar-refractivity contribution >= 4 is 40.6 Å². The van der Waals surface area contributed by atoms with Crippen LogP contribution in [-0.4, -0.2) is 37.1 Å². The van der Waals surface area contributed by atoms with E-state index in [1.54, 1.807) is 11.8 Å². The number of halogens is 1. The Morgan fingerprint density at radius 3 is 2.84 bits per heavy atom. The topological polar surface area (TPSA) is 63.9 Å². The van der Waals surface area contributed by atoms with Gasteiger partial charge in [0, 0.05) is 23.5 Å². The average molecular weight is 482 g/mol. The molecule has 1 aliphatic rings. The summed E-state index contributed by atoms with van der Waals surface area (Å²) in [4.78, 5) is 19.5. The molecule has 2 aromatic carbocycles. The van der Waals surface area contributed by atoms with Crippen LogP contribution in [0.3, 0.4) is 0 Å². The van der Waals surface area contributed by atoms with E-state index in [9.17, 15) is 4.79 Å². The highest BCUT2D eigenvalue weighted by atomic mass is 35.5. The van der Waals surface area contributed by atoms with Gasteiger partial charge in [0.25, 0.3) is 5.91 Å². The van der Waals surface area contributed by atoms with Gasteiger partial charge in [-0.1, -0.05) is 53.7 Å². The SMILES string of the molecule is Cc1nnc(SCc2nc(C(=O)N3CCc4ccccc4C3)cs2)n1-c1cccc(Cl)c1. The number of rotatable bonds is 5. The largest absolute Gasteiger partial charge is 0.333 e. The number of benzene rings is 2. The molecule has 0 fully saturated rings. The van der Waals surface area contributed by atoms with Gasteiger partial charge >= 0.3 is 0 Å². The van der Waals surface area contributed by atoms with Crippen LogP contribution < -0.4 is 0 Å². The third-order valence-electron chi connectivity index (χ3n) is 5.38. The lowest BCUT2D eigenvalue weighted by Crippen LogP contribution is -2.36. The van der Waals surface area contributed by atoms with Crippen LogP contribution in [0.5, 0.6) is 0 Å². The van der Waals surface area contributed by atoms with Gasteiger partial charge in [0.05, 0.1) is 11.4 Å². The summed E-state index contributed by atoms with van der Waals surface area (Å²) < 4.78 is 1.97. The number of carbonyl (C=O) groups is 1. The van der Waals surface area contributed by atoms with Gasteiger partial charge in [0.15, 0.2) is 5.16 Å². The van der Waals surface area contributed by atoms with E-state index in [2.05, 4.69) is 33.4 Å². The normalized spacial score (nSPS) is 13.2. The van der Waals surface area contributed by atoms with Crippen LogP contribution in [0.15, 0.2) is 59.1 Å². The molecule has 2 aromatic heterocycles. The molecule has 0 atom stereocenters. The predicted molar refractivity (Wildman–Crippen MR) is 128 cm³/mol. The molecule has 1 amide bonds. The summed E-state index contributed by atoms with van der Waals surface area (Å²) in [7, 11) is 0. The Labute approximate surface area is 199 Å². The summed E-state index contributed by atoms with van der Waals surface area (Å²) in [5.41, 5.74) is 3.97. The summed E-state index contributed by atoms with van der Waals surface area (Å²) in [5.74, 6) is 1.39. The third-order valence-corrected chi connectivity index (χ3v) is 7.58. The molecule has 0 bridgehead atoms. The van der Waals surface area contributed by atoms with Crippen molar-refractivity contribution in [3.63, 3.8) is 0 Å². The van der Waals surface area contributed by atoms with Crippen molar-refractivity contribution < 1.29 is 4.79 Å². The Hall–Kier alpha value is -2.68. The van der Waals surface area contributed by atoms with Gasteiger partial charge in [0.1, 0.15) is 16.5 Å². The molecule has 0 spiro atoms. The highest BCUT2D eigenvalue weighted by molar-refractivity contribution is 7.98. The number of thioether (sulfide) groups is 1. The maximum absolute atomic E-state index is 13.0. The fourth-order valence-electron chi connectivity index (χ4n) is 3.78. The van der Waals surface area contributed by atoms with E-state index in [1.165, 1.54) is 22.5 Å². The van der Waals surface area contributed by atoms with Crippen LogP contribution in [0.1, 0.15) is 32.4 Å². The van der Waals surface area contributed by atoms with Crippen molar-refractivity contribution in [1.29, 1.82) is 0 Å². The van der Waals surface area contributed by atoms with Gasteiger partial charge in [0.2, 0.25) is 0 Å². The molecule has 32 heavy (non-hydrogen) atoms. The number of carbonyl (C=O) groups excluding carboxylic acids is 1. The zero-order chi connectivity index (χ0) is 22.1. The molecular formula is C23H20ClN5OS2. The maximum Gasteiger partial charge on any atom is 0.273 e. The Morgan fingerprint density at radius 2 is 2.00 bits per heavy atom. The number of hydrogen-bond acceptors (Lipinski definition) is 6. The van der Waals surface area contributed by atoms with Crippen LogP contribution >= 0.6 is 34.7 Å². The fraction of sp³-hybridized carbons (Fsp3) is 0.217. The zero-order valence-corrected chi connectivity index (χ0v) is 19.8. The van der Waals surface area contributed by atoms with E-state index < -0.39 is 0 Å². The second kappa shape index (κ2) is 9.05. The van der Waals surface area contributed by atoms with Crippen LogP contribution in [0, 0.1) is 6.92 Å². The van der Waals surface area contributed by atoms with Gasteiger partial charge < -0.3 is 4.90 Å². The van der Waals surface area contributed by atoms with Gasteiger partial charge in [-0.3, -0.25) is 9.36 Å². The molecule has 9 heteroatoms. The lowest BCUT2D eigenvalue weighted by molar-refractivity contribution is 0.0729. The van der Waals surface area contributed by atoms with Gasteiger partial charge in [-0.25, -0.2) is 4.98 Å². The molecule has 0 saturated carbocycles. The van der Waals surface area contributed by atoms with Crippen molar-refractivity contribution in [2.75, 3.05) is 6.54 Å².